The second-order valence-electron chi connectivity index (χ2n) is 3.15. The Morgan fingerprint density at radius 3 is 2.80 bits per heavy atom. The molecule has 0 aliphatic rings. The largest absolute Gasteiger partial charge is 0.325 e. The molecule has 1 atom stereocenters. The van der Waals surface area contributed by atoms with E-state index >= 15 is 0 Å². The Balaban J connectivity index is 2.96. The molecule has 1 aromatic rings. The van der Waals surface area contributed by atoms with Crippen LogP contribution in [0.15, 0.2) is 23.0 Å². The molecule has 0 aliphatic heterocycles. The maximum atomic E-state index is 11.7. The SMILES string of the molecule is CC(C#N)N(C)C(=O)c1cccc(=O)[nH]1. The highest BCUT2D eigenvalue weighted by atomic mass is 16.2. The molecule has 1 unspecified atom stereocenters. The van der Waals surface area contributed by atoms with Crippen molar-refractivity contribution < 1.29 is 4.79 Å². The van der Waals surface area contributed by atoms with Crippen molar-refractivity contribution in [1.82, 2.24) is 9.88 Å². The van der Waals surface area contributed by atoms with Gasteiger partial charge in [0, 0.05) is 13.1 Å². The molecule has 1 N–H and O–H groups in total. The molecule has 78 valence electrons. The van der Waals surface area contributed by atoms with Crippen molar-refractivity contribution in [3.8, 4) is 6.07 Å². The van der Waals surface area contributed by atoms with Crippen molar-refractivity contribution in [2.24, 2.45) is 0 Å². The van der Waals surface area contributed by atoms with E-state index in [9.17, 15) is 9.59 Å². The van der Waals surface area contributed by atoms with Gasteiger partial charge in [-0.3, -0.25) is 9.59 Å². The van der Waals surface area contributed by atoms with E-state index in [4.69, 9.17) is 5.26 Å². The first-order chi connectivity index (χ1) is 7.06. The number of amides is 1. The summed E-state index contributed by atoms with van der Waals surface area (Å²) in [5.41, 5.74) is -0.147. The maximum absolute atomic E-state index is 11.7. The standard InChI is InChI=1S/C10H11N3O2/c1-7(6-11)13(2)10(15)8-4-3-5-9(14)12-8/h3-5,7H,1-2H3,(H,12,14). The summed E-state index contributed by atoms with van der Waals surface area (Å²) in [6.07, 6.45) is 0. The summed E-state index contributed by atoms with van der Waals surface area (Å²) >= 11 is 0. The summed E-state index contributed by atoms with van der Waals surface area (Å²) in [6.45, 7) is 1.61. The van der Waals surface area contributed by atoms with E-state index in [-0.39, 0.29) is 17.2 Å². The van der Waals surface area contributed by atoms with Crippen LogP contribution in [0.1, 0.15) is 17.4 Å². The molecular formula is C10H11N3O2. The van der Waals surface area contributed by atoms with Crippen LogP contribution in [0.2, 0.25) is 0 Å². The Bertz CT molecular complexity index is 458. The highest BCUT2D eigenvalue weighted by Crippen LogP contribution is 2.01. The summed E-state index contributed by atoms with van der Waals surface area (Å²) in [7, 11) is 1.52. The Morgan fingerprint density at radius 2 is 2.27 bits per heavy atom. The number of nitrogens with zero attached hydrogens (tertiary/aromatic N) is 2. The number of hydrogen-bond acceptors (Lipinski definition) is 3. The van der Waals surface area contributed by atoms with Crippen LogP contribution < -0.4 is 5.56 Å². The molecule has 0 aliphatic carbocycles. The molecule has 1 amide bonds. The summed E-state index contributed by atoms with van der Waals surface area (Å²) in [5.74, 6) is -0.373. The van der Waals surface area contributed by atoms with Crippen LogP contribution in [-0.4, -0.2) is 28.9 Å². The summed E-state index contributed by atoms with van der Waals surface area (Å²) in [4.78, 5) is 26.3. The van der Waals surface area contributed by atoms with Gasteiger partial charge in [-0.15, -0.1) is 0 Å². The topological polar surface area (TPSA) is 77.0 Å². The number of H-pyrrole nitrogens is 1. The molecule has 0 saturated heterocycles. The molecule has 0 fully saturated rings. The Hall–Kier alpha value is -2.09. The van der Waals surface area contributed by atoms with E-state index in [2.05, 4.69) is 4.98 Å². The fourth-order valence-electron chi connectivity index (χ4n) is 1.03. The third-order valence-corrected chi connectivity index (χ3v) is 2.09. The average molecular weight is 205 g/mol. The highest BCUT2D eigenvalue weighted by Gasteiger charge is 2.17. The van der Waals surface area contributed by atoms with E-state index < -0.39 is 6.04 Å². The molecular weight excluding hydrogens is 194 g/mol. The van der Waals surface area contributed by atoms with Gasteiger partial charge in [0.05, 0.1) is 6.07 Å². The van der Waals surface area contributed by atoms with Gasteiger partial charge in [-0.1, -0.05) is 6.07 Å². The molecule has 1 heterocycles. The minimum atomic E-state index is -0.527. The number of aromatic amines is 1. The predicted octanol–water partition coefficient (Wildman–Crippen LogP) is 0.359. The van der Waals surface area contributed by atoms with Crippen molar-refractivity contribution in [2.75, 3.05) is 7.05 Å². The normalized spacial score (nSPS) is 11.5. The highest BCUT2D eigenvalue weighted by molar-refractivity contribution is 5.92. The second kappa shape index (κ2) is 4.42. The van der Waals surface area contributed by atoms with Crippen LogP contribution in [0.25, 0.3) is 0 Å². The fraction of sp³-hybridized carbons (Fsp3) is 0.300. The van der Waals surface area contributed by atoms with Crippen LogP contribution in [0.4, 0.5) is 0 Å². The van der Waals surface area contributed by atoms with Crippen LogP contribution in [-0.2, 0) is 0 Å². The number of carbonyl (C=O) groups excluding carboxylic acids is 1. The molecule has 0 bridgehead atoms. The van der Waals surface area contributed by atoms with Gasteiger partial charge in [0.1, 0.15) is 11.7 Å². The number of hydrogen-bond donors (Lipinski definition) is 1. The first kappa shape index (κ1) is 11.0. The second-order valence-corrected chi connectivity index (χ2v) is 3.15. The first-order valence-electron chi connectivity index (χ1n) is 4.42. The Morgan fingerprint density at radius 1 is 1.60 bits per heavy atom. The molecule has 5 nitrogen and oxygen atoms in total. The molecule has 1 rings (SSSR count). The number of pyridine rings is 1. The van der Waals surface area contributed by atoms with Crippen molar-refractivity contribution >= 4 is 5.91 Å². The monoisotopic (exact) mass is 205 g/mol. The molecule has 15 heavy (non-hydrogen) atoms. The number of nitriles is 1. The van der Waals surface area contributed by atoms with Crippen LogP contribution in [0, 0.1) is 11.3 Å². The summed E-state index contributed by atoms with van der Waals surface area (Å²) < 4.78 is 0. The molecule has 0 radical (unpaired) electrons. The van der Waals surface area contributed by atoms with Gasteiger partial charge in [0.15, 0.2) is 0 Å². The van der Waals surface area contributed by atoms with Crippen molar-refractivity contribution in [3.05, 3.63) is 34.2 Å². The van der Waals surface area contributed by atoms with E-state index in [0.29, 0.717) is 0 Å². The van der Waals surface area contributed by atoms with E-state index in [0.717, 1.165) is 0 Å². The van der Waals surface area contributed by atoms with Gasteiger partial charge in [0.25, 0.3) is 5.91 Å². The molecule has 0 aromatic carbocycles. The number of rotatable bonds is 2. The molecule has 1 aromatic heterocycles. The zero-order valence-corrected chi connectivity index (χ0v) is 8.52. The lowest BCUT2D eigenvalue weighted by molar-refractivity contribution is 0.0767. The third-order valence-electron chi connectivity index (χ3n) is 2.09. The van der Waals surface area contributed by atoms with Crippen molar-refractivity contribution in [1.29, 1.82) is 5.26 Å². The van der Waals surface area contributed by atoms with Crippen molar-refractivity contribution in [3.63, 3.8) is 0 Å². The Kier molecular flexibility index (Phi) is 3.24. The zero-order chi connectivity index (χ0) is 11.4. The van der Waals surface area contributed by atoms with E-state index in [1.54, 1.807) is 6.92 Å². The smallest absolute Gasteiger partial charge is 0.271 e. The van der Waals surface area contributed by atoms with Gasteiger partial charge in [-0.25, -0.2) is 0 Å². The summed E-state index contributed by atoms with van der Waals surface area (Å²) in [6, 6.07) is 5.74. The van der Waals surface area contributed by atoms with E-state index in [1.165, 1.54) is 30.1 Å². The van der Waals surface area contributed by atoms with E-state index in [1.807, 2.05) is 6.07 Å². The Labute approximate surface area is 87.0 Å². The molecule has 0 saturated carbocycles. The predicted molar refractivity (Wildman–Crippen MR) is 54.2 cm³/mol. The van der Waals surface area contributed by atoms with Crippen LogP contribution in [0.3, 0.4) is 0 Å². The van der Waals surface area contributed by atoms with Gasteiger partial charge in [0.2, 0.25) is 5.56 Å². The molecule has 5 heteroatoms. The van der Waals surface area contributed by atoms with Crippen molar-refractivity contribution in [2.45, 2.75) is 13.0 Å². The minimum absolute atomic E-state index is 0.187. The average Bonchev–Trinajstić information content (AvgIpc) is 2.26. The number of carbonyl (C=O) groups is 1. The van der Waals surface area contributed by atoms with Gasteiger partial charge in [-0.2, -0.15) is 5.26 Å². The quantitative estimate of drug-likeness (QED) is 0.757. The van der Waals surface area contributed by atoms with Gasteiger partial charge >= 0.3 is 0 Å². The van der Waals surface area contributed by atoms with Gasteiger partial charge < -0.3 is 9.88 Å². The lowest BCUT2D eigenvalue weighted by Gasteiger charge is -2.18. The van der Waals surface area contributed by atoms with Crippen LogP contribution in [0.5, 0.6) is 0 Å². The first-order valence-corrected chi connectivity index (χ1v) is 4.42. The number of nitrogens with one attached hydrogen (secondary N) is 1. The fourth-order valence-corrected chi connectivity index (χ4v) is 1.03. The van der Waals surface area contributed by atoms with Gasteiger partial charge in [-0.05, 0) is 13.0 Å². The number of aromatic nitrogens is 1. The lowest BCUT2D eigenvalue weighted by atomic mass is 10.2. The maximum Gasteiger partial charge on any atom is 0.271 e. The third kappa shape index (κ3) is 2.44. The zero-order valence-electron chi connectivity index (χ0n) is 8.52. The molecule has 0 spiro atoms. The summed E-state index contributed by atoms with van der Waals surface area (Å²) in [5, 5.41) is 8.64. The lowest BCUT2D eigenvalue weighted by Crippen LogP contribution is -2.35. The minimum Gasteiger partial charge on any atom is -0.325 e. The van der Waals surface area contributed by atoms with Crippen LogP contribution >= 0.6 is 0 Å².